The number of nitrogens with one attached hydrogen (secondary N) is 2. The number of hydrogen-bond donors (Lipinski definition) is 2. The fourth-order valence-electron chi connectivity index (χ4n) is 1.96. The van der Waals surface area contributed by atoms with Gasteiger partial charge in [-0.05, 0) is 25.0 Å². The lowest BCUT2D eigenvalue weighted by Gasteiger charge is -2.21. The van der Waals surface area contributed by atoms with Crippen molar-refractivity contribution in [3.8, 4) is 0 Å². The molecule has 2 amide bonds. The molecule has 2 rings (SSSR count). The zero-order chi connectivity index (χ0) is 12.3. The van der Waals surface area contributed by atoms with Gasteiger partial charge in [0.15, 0.2) is 0 Å². The molecule has 0 radical (unpaired) electrons. The van der Waals surface area contributed by atoms with E-state index in [0.717, 1.165) is 11.3 Å². The molecule has 1 heterocycles. The van der Waals surface area contributed by atoms with Crippen molar-refractivity contribution in [2.45, 2.75) is 19.8 Å². The second kappa shape index (κ2) is 4.99. The van der Waals surface area contributed by atoms with E-state index in [-0.39, 0.29) is 24.2 Å². The lowest BCUT2D eigenvalue weighted by atomic mass is 9.96. The van der Waals surface area contributed by atoms with Crippen LogP contribution in [0, 0.1) is 12.8 Å². The first-order valence-corrected chi connectivity index (χ1v) is 5.80. The SMILES string of the molecule is Cc1ccccc1NC(=O)C1CCNC(=O)C1. The predicted molar refractivity (Wildman–Crippen MR) is 65.5 cm³/mol. The summed E-state index contributed by atoms with van der Waals surface area (Å²) < 4.78 is 0. The minimum Gasteiger partial charge on any atom is -0.356 e. The van der Waals surface area contributed by atoms with E-state index in [2.05, 4.69) is 10.6 Å². The van der Waals surface area contributed by atoms with Gasteiger partial charge in [-0.1, -0.05) is 18.2 Å². The molecule has 90 valence electrons. The Labute approximate surface area is 100 Å². The minimum absolute atomic E-state index is 0.0406. The zero-order valence-corrected chi connectivity index (χ0v) is 9.82. The molecule has 4 nitrogen and oxygen atoms in total. The van der Waals surface area contributed by atoms with Crippen molar-refractivity contribution in [3.05, 3.63) is 29.8 Å². The van der Waals surface area contributed by atoms with E-state index in [0.29, 0.717) is 13.0 Å². The molecule has 17 heavy (non-hydrogen) atoms. The van der Waals surface area contributed by atoms with E-state index in [4.69, 9.17) is 0 Å². The Bertz CT molecular complexity index is 443. The van der Waals surface area contributed by atoms with Crippen molar-refractivity contribution < 1.29 is 9.59 Å². The Morgan fingerprint density at radius 1 is 1.41 bits per heavy atom. The summed E-state index contributed by atoms with van der Waals surface area (Å²) in [5.74, 6) is -0.307. The highest BCUT2D eigenvalue weighted by Gasteiger charge is 2.25. The number of benzene rings is 1. The third-order valence-corrected chi connectivity index (χ3v) is 3.02. The number of anilines is 1. The van der Waals surface area contributed by atoms with E-state index >= 15 is 0 Å². The molecule has 1 saturated heterocycles. The molecule has 2 N–H and O–H groups in total. The molecule has 1 atom stereocenters. The topological polar surface area (TPSA) is 58.2 Å². The Morgan fingerprint density at radius 3 is 2.88 bits per heavy atom. The lowest BCUT2D eigenvalue weighted by molar-refractivity contribution is -0.129. The molecule has 0 bridgehead atoms. The van der Waals surface area contributed by atoms with Crippen LogP contribution >= 0.6 is 0 Å². The number of carbonyl (C=O) groups is 2. The normalized spacial score (nSPS) is 19.6. The van der Waals surface area contributed by atoms with Gasteiger partial charge in [0.2, 0.25) is 11.8 Å². The van der Waals surface area contributed by atoms with Crippen LogP contribution in [-0.2, 0) is 9.59 Å². The van der Waals surface area contributed by atoms with Gasteiger partial charge in [0.05, 0.1) is 0 Å². The van der Waals surface area contributed by atoms with Crippen LogP contribution in [0.15, 0.2) is 24.3 Å². The molecule has 1 aromatic rings. The maximum absolute atomic E-state index is 12.0. The molecule has 1 aliphatic heterocycles. The Balaban J connectivity index is 2.02. The van der Waals surface area contributed by atoms with Crippen molar-refractivity contribution in [2.75, 3.05) is 11.9 Å². The van der Waals surface area contributed by atoms with Crippen LogP contribution in [0.3, 0.4) is 0 Å². The van der Waals surface area contributed by atoms with E-state index in [9.17, 15) is 9.59 Å². The van der Waals surface area contributed by atoms with Gasteiger partial charge >= 0.3 is 0 Å². The van der Waals surface area contributed by atoms with Gasteiger partial charge in [-0.25, -0.2) is 0 Å². The van der Waals surface area contributed by atoms with Crippen LogP contribution in [-0.4, -0.2) is 18.4 Å². The van der Waals surface area contributed by atoms with Crippen LogP contribution in [0.5, 0.6) is 0 Å². The number of carbonyl (C=O) groups excluding carboxylic acids is 2. The van der Waals surface area contributed by atoms with Crippen LogP contribution in [0.25, 0.3) is 0 Å². The largest absolute Gasteiger partial charge is 0.356 e. The Kier molecular flexibility index (Phi) is 3.42. The predicted octanol–water partition coefficient (Wildman–Crippen LogP) is 1.46. The van der Waals surface area contributed by atoms with Crippen LogP contribution in [0.2, 0.25) is 0 Å². The van der Waals surface area contributed by atoms with Crippen molar-refractivity contribution in [3.63, 3.8) is 0 Å². The molecular weight excluding hydrogens is 216 g/mol. The van der Waals surface area contributed by atoms with Crippen molar-refractivity contribution in [1.29, 1.82) is 0 Å². The summed E-state index contributed by atoms with van der Waals surface area (Å²) in [4.78, 5) is 23.2. The summed E-state index contributed by atoms with van der Waals surface area (Å²) in [6, 6.07) is 7.63. The number of piperidine rings is 1. The van der Waals surface area contributed by atoms with Crippen LogP contribution in [0.4, 0.5) is 5.69 Å². The average Bonchev–Trinajstić information content (AvgIpc) is 2.32. The van der Waals surface area contributed by atoms with Crippen molar-refractivity contribution in [1.82, 2.24) is 5.32 Å². The highest BCUT2D eigenvalue weighted by Crippen LogP contribution is 2.18. The highest BCUT2D eigenvalue weighted by atomic mass is 16.2. The fourth-order valence-corrected chi connectivity index (χ4v) is 1.96. The summed E-state index contributed by atoms with van der Waals surface area (Å²) >= 11 is 0. The van der Waals surface area contributed by atoms with Crippen LogP contribution < -0.4 is 10.6 Å². The fraction of sp³-hybridized carbons (Fsp3) is 0.385. The summed E-state index contributed by atoms with van der Waals surface area (Å²) in [7, 11) is 0. The second-order valence-corrected chi connectivity index (χ2v) is 4.34. The molecule has 0 aromatic heterocycles. The quantitative estimate of drug-likeness (QED) is 0.811. The maximum atomic E-state index is 12.0. The molecule has 0 saturated carbocycles. The molecule has 4 heteroatoms. The van der Waals surface area contributed by atoms with E-state index < -0.39 is 0 Å². The Hall–Kier alpha value is -1.84. The molecule has 1 unspecified atom stereocenters. The molecule has 0 spiro atoms. The first-order chi connectivity index (χ1) is 8.16. The lowest BCUT2D eigenvalue weighted by Crippen LogP contribution is -2.38. The summed E-state index contributed by atoms with van der Waals surface area (Å²) in [6.45, 7) is 2.54. The Morgan fingerprint density at radius 2 is 2.18 bits per heavy atom. The third kappa shape index (κ3) is 2.84. The third-order valence-electron chi connectivity index (χ3n) is 3.02. The number of aryl methyl sites for hydroxylation is 1. The van der Waals surface area contributed by atoms with Crippen molar-refractivity contribution >= 4 is 17.5 Å². The smallest absolute Gasteiger partial charge is 0.228 e. The molecule has 0 aliphatic carbocycles. The second-order valence-electron chi connectivity index (χ2n) is 4.34. The average molecular weight is 232 g/mol. The minimum atomic E-state index is -0.205. The first kappa shape index (κ1) is 11.6. The van der Waals surface area contributed by atoms with Gasteiger partial charge in [0.1, 0.15) is 0 Å². The summed E-state index contributed by atoms with van der Waals surface area (Å²) in [6.07, 6.45) is 1.00. The van der Waals surface area contributed by atoms with Gasteiger partial charge in [-0.15, -0.1) is 0 Å². The van der Waals surface area contributed by atoms with E-state index in [1.54, 1.807) is 0 Å². The summed E-state index contributed by atoms with van der Waals surface area (Å²) in [5, 5.41) is 5.60. The monoisotopic (exact) mass is 232 g/mol. The van der Waals surface area contributed by atoms with Gasteiger partial charge in [0.25, 0.3) is 0 Å². The molecule has 1 aliphatic rings. The van der Waals surface area contributed by atoms with Gasteiger partial charge in [0, 0.05) is 24.6 Å². The van der Waals surface area contributed by atoms with E-state index in [1.165, 1.54) is 0 Å². The first-order valence-electron chi connectivity index (χ1n) is 5.80. The highest BCUT2D eigenvalue weighted by molar-refractivity contribution is 5.96. The number of para-hydroxylation sites is 1. The number of amides is 2. The zero-order valence-electron chi connectivity index (χ0n) is 9.82. The van der Waals surface area contributed by atoms with Gasteiger partial charge < -0.3 is 10.6 Å². The molecule has 1 aromatic carbocycles. The van der Waals surface area contributed by atoms with Gasteiger partial charge in [-0.3, -0.25) is 9.59 Å². The standard InChI is InChI=1S/C13H16N2O2/c1-9-4-2-3-5-11(9)15-13(17)10-6-7-14-12(16)8-10/h2-5,10H,6-8H2,1H3,(H,14,16)(H,15,17). The maximum Gasteiger partial charge on any atom is 0.228 e. The molecule has 1 fully saturated rings. The number of hydrogen-bond acceptors (Lipinski definition) is 2. The van der Waals surface area contributed by atoms with E-state index in [1.807, 2.05) is 31.2 Å². The van der Waals surface area contributed by atoms with Crippen LogP contribution in [0.1, 0.15) is 18.4 Å². The number of rotatable bonds is 2. The van der Waals surface area contributed by atoms with Crippen molar-refractivity contribution in [2.24, 2.45) is 5.92 Å². The summed E-state index contributed by atoms with van der Waals surface area (Å²) in [5.41, 5.74) is 1.85. The molecular formula is C13H16N2O2. The van der Waals surface area contributed by atoms with Gasteiger partial charge in [-0.2, -0.15) is 0 Å².